The van der Waals surface area contributed by atoms with Gasteiger partial charge in [-0.05, 0) is 56.5 Å². The minimum atomic E-state index is -1.47. The fourth-order valence-electron chi connectivity index (χ4n) is 4.37. The zero-order chi connectivity index (χ0) is 37.8. The van der Waals surface area contributed by atoms with E-state index in [2.05, 4.69) is 44.5 Å². The van der Waals surface area contributed by atoms with Crippen molar-refractivity contribution >= 4 is 54.1 Å². The van der Waals surface area contributed by atoms with E-state index in [0.29, 0.717) is 5.56 Å². The first-order valence-corrected chi connectivity index (χ1v) is 16.3. The number of nitrogens with two attached hydrogens (primary N) is 4. The number of aliphatic carboxylic acids is 1. The molecule has 18 N–H and O–H groups in total. The minimum Gasteiger partial charge on any atom is -0.508 e. The smallest absolute Gasteiger partial charge is 0.326 e. The summed E-state index contributed by atoms with van der Waals surface area (Å²) in [6.07, 6.45) is 0.0335. The van der Waals surface area contributed by atoms with E-state index in [1.807, 2.05) is 0 Å². The monoisotopic (exact) mass is 727 g/mol. The number of phenols is 1. The first-order chi connectivity index (χ1) is 23.7. The number of hydrogen-bond acceptors (Lipinski definition) is 13. The Kier molecular flexibility index (Phi) is 19.8. The maximum atomic E-state index is 13.4. The molecule has 0 aliphatic rings. The SMILES string of the molecule is N=C(N)NCCC[C@H](NC(=O)[C@H](CCN)NC(=O)[C@H](CS)NC(=O)[C@H](CO)NC(=O)[C@@H](N)CCN)C(=O)N[C@@H](Cc1ccc(O)cc1)C(=O)O. The molecule has 5 amide bonds. The highest BCUT2D eigenvalue weighted by Gasteiger charge is 2.32. The van der Waals surface area contributed by atoms with E-state index < -0.39 is 78.4 Å². The summed E-state index contributed by atoms with van der Waals surface area (Å²) in [5.74, 6) is -6.25. The van der Waals surface area contributed by atoms with E-state index in [4.69, 9.17) is 28.3 Å². The number of amides is 5. The fourth-order valence-corrected chi connectivity index (χ4v) is 4.63. The van der Waals surface area contributed by atoms with Crippen LogP contribution in [0, 0.1) is 5.41 Å². The Bertz CT molecular complexity index is 1310. The van der Waals surface area contributed by atoms with Crippen LogP contribution >= 0.6 is 12.6 Å². The molecule has 0 spiro atoms. The molecule has 0 radical (unpaired) electrons. The van der Waals surface area contributed by atoms with Gasteiger partial charge in [-0.15, -0.1) is 0 Å². The lowest BCUT2D eigenvalue weighted by Gasteiger charge is -2.26. The Hall–Kier alpha value is -4.70. The number of benzene rings is 1. The fraction of sp³-hybridized carbons (Fsp3) is 0.552. The van der Waals surface area contributed by atoms with Crippen molar-refractivity contribution in [3.63, 3.8) is 0 Å². The highest BCUT2D eigenvalue weighted by atomic mass is 32.1. The van der Waals surface area contributed by atoms with Crippen LogP contribution in [-0.4, -0.2) is 125 Å². The van der Waals surface area contributed by atoms with Crippen LogP contribution in [0.15, 0.2) is 24.3 Å². The van der Waals surface area contributed by atoms with E-state index in [1.165, 1.54) is 24.3 Å². The highest BCUT2D eigenvalue weighted by molar-refractivity contribution is 7.80. The normalized spacial score (nSPS) is 14.4. The van der Waals surface area contributed by atoms with Gasteiger partial charge in [0.15, 0.2) is 5.96 Å². The van der Waals surface area contributed by atoms with Crippen molar-refractivity contribution in [1.82, 2.24) is 31.9 Å². The number of aliphatic hydroxyl groups is 1. The lowest BCUT2D eigenvalue weighted by atomic mass is 10.0. The van der Waals surface area contributed by atoms with E-state index >= 15 is 0 Å². The number of guanidine groups is 1. The Balaban J connectivity index is 3.08. The van der Waals surface area contributed by atoms with Crippen molar-refractivity contribution in [2.24, 2.45) is 22.9 Å². The Morgan fingerprint density at radius 2 is 1.22 bits per heavy atom. The number of carboxylic acid groups (broad SMARTS) is 1. The predicted octanol–water partition coefficient (Wildman–Crippen LogP) is -5.35. The summed E-state index contributed by atoms with van der Waals surface area (Å²) in [5.41, 5.74) is 22.6. The van der Waals surface area contributed by atoms with Crippen molar-refractivity contribution in [1.29, 1.82) is 5.41 Å². The quantitative estimate of drug-likeness (QED) is 0.0217. The average molecular weight is 728 g/mol. The number of aliphatic hydroxyl groups excluding tert-OH is 1. The van der Waals surface area contributed by atoms with Gasteiger partial charge in [0.2, 0.25) is 29.5 Å². The van der Waals surface area contributed by atoms with Crippen LogP contribution in [-0.2, 0) is 35.2 Å². The Labute approximate surface area is 294 Å². The van der Waals surface area contributed by atoms with Crippen molar-refractivity contribution in [2.45, 2.75) is 68.4 Å². The molecule has 280 valence electrons. The third-order valence-corrected chi connectivity index (χ3v) is 7.51. The number of carboxylic acids is 1. The van der Waals surface area contributed by atoms with E-state index in [9.17, 15) is 44.1 Å². The number of aromatic hydroxyl groups is 1. The van der Waals surface area contributed by atoms with Gasteiger partial charge in [0.1, 0.15) is 36.0 Å². The molecule has 0 heterocycles. The summed E-state index contributed by atoms with van der Waals surface area (Å²) in [4.78, 5) is 76.9. The second-order valence-corrected chi connectivity index (χ2v) is 11.5. The maximum absolute atomic E-state index is 13.4. The molecule has 0 aromatic heterocycles. The van der Waals surface area contributed by atoms with Gasteiger partial charge in [0.25, 0.3) is 0 Å². The molecule has 1 rings (SSSR count). The third kappa shape index (κ3) is 15.7. The van der Waals surface area contributed by atoms with Gasteiger partial charge < -0.3 is 70.2 Å². The van der Waals surface area contributed by atoms with Crippen molar-refractivity contribution in [2.75, 3.05) is 32.0 Å². The molecule has 50 heavy (non-hydrogen) atoms. The minimum absolute atomic E-state index is 0.0316. The van der Waals surface area contributed by atoms with Gasteiger partial charge in [0.05, 0.1) is 12.6 Å². The van der Waals surface area contributed by atoms with Crippen LogP contribution in [0.25, 0.3) is 0 Å². The molecule has 0 fully saturated rings. The summed E-state index contributed by atoms with van der Waals surface area (Å²) in [6.45, 7) is -0.665. The van der Waals surface area contributed by atoms with Gasteiger partial charge in [-0.3, -0.25) is 29.4 Å². The molecule has 0 unspecified atom stereocenters. The Morgan fingerprint density at radius 1 is 0.740 bits per heavy atom. The van der Waals surface area contributed by atoms with Crippen molar-refractivity contribution in [3.05, 3.63) is 29.8 Å². The van der Waals surface area contributed by atoms with Gasteiger partial charge in [-0.25, -0.2) is 4.79 Å². The van der Waals surface area contributed by atoms with Crippen LogP contribution < -0.4 is 54.8 Å². The second kappa shape index (κ2) is 22.8. The van der Waals surface area contributed by atoms with Crippen LogP contribution in [0.5, 0.6) is 5.75 Å². The number of rotatable bonds is 23. The molecule has 0 saturated heterocycles. The molecule has 1 aromatic rings. The number of phenolic OH excluding ortho intramolecular Hbond substituents is 1. The summed E-state index contributed by atoms with van der Waals surface area (Å²) < 4.78 is 0. The molecular formula is C29H49N11O9S. The maximum Gasteiger partial charge on any atom is 0.326 e. The summed E-state index contributed by atoms with van der Waals surface area (Å²) in [7, 11) is 0. The summed E-state index contributed by atoms with van der Waals surface area (Å²) in [6, 6.07) is -2.20. The lowest BCUT2D eigenvalue weighted by Crippen LogP contribution is -2.60. The second-order valence-electron chi connectivity index (χ2n) is 11.1. The number of carbonyl (C=O) groups is 6. The molecule has 21 heteroatoms. The molecular weight excluding hydrogens is 678 g/mol. The number of nitrogens with one attached hydrogen (secondary N) is 7. The molecule has 6 atom stereocenters. The third-order valence-electron chi connectivity index (χ3n) is 7.14. The molecule has 0 aliphatic heterocycles. The number of carbonyl (C=O) groups excluding carboxylic acids is 5. The Morgan fingerprint density at radius 3 is 1.72 bits per heavy atom. The topological polar surface area (TPSA) is 363 Å². The zero-order valence-electron chi connectivity index (χ0n) is 27.4. The van der Waals surface area contributed by atoms with Crippen LogP contribution in [0.2, 0.25) is 0 Å². The van der Waals surface area contributed by atoms with Crippen molar-refractivity contribution in [3.8, 4) is 5.75 Å². The predicted molar refractivity (Wildman–Crippen MR) is 185 cm³/mol. The molecule has 20 nitrogen and oxygen atoms in total. The van der Waals surface area contributed by atoms with Crippen LogP contribution in [0.3, 0.4) is 0 Å². The number of hydrogen-bond donors (Lipinski definition) is 15. The van der Waals surface area contributed by atoms with E-state index in [-0.39, 0.29) is 69.2 Å². The van der Waals surface area contributed by atoms with E-state index in [1.54, 1.807) is 0 Å². The van der Waals surface area contributed by atoms with Crippen LogP contribution in [0.4, 0.5) is 0 Å². The highest BCUT2D eigenvalue weighted by Crippen LogP contribution is 2.12. The van der Waals surface area contributed by atoms with Crippen LogP contribution in [0.1, 0.15) is 31.2 Å². The average Bonchev–Trinajstić information content (AvgIpc) is 3.07. The molecule has 0 bridgehead atoms. The number of thiol groups is 1. The summed E-state index contributed by atoms with van der Waals surface area (Å²) in [5, 5.41) is 50.8. The van der Waals surface area contributed by atoms with Gasteiger partial charge >= 0.3 is 5.97 Å². The van der Waals surface area contributed by atoms with E-state index in [0.717, 1.165) is 0 Å². The van der Waals surface area contributed by atoms with Gasteiger partial charge in [0, 0.05) is 18.7 Å². The molecule has 1 aromatic carbocycles. The molecule has 0 saturated carbocycles. The first-order valence-electron chi connectivity index (χ1n) is 15.6. The lowest BCUT2D eigenvalue weighted by molar-refractivity contribution is -0.142. The molecule has 0 aliphatic carbocycles. The standard InChI is InChI=1S/C29H49N11O9S/c30-9-7-17(32)23(43)39-21(13-41)26(46)40-22(14-50)27(47)37-19(8-10-31)25(45)36-18(2-1-11-35-29(33)34)24(44)38-20(28(48)49)12-15-3-5-16(42)6-4-15/h3-6,17-22,41-42,50H,1-2,7-14,30-32H2,(H,36,45)(H,37,47)(H,38,44)(H,39,43)(H,40,46)(H,48,49)(H4,33,34,35)/t17-,18-,19-,20-,21-,22-/m0/s1. The largest absolute Gasteiger partial charge is 0.508 e. The van der Waals surface area contributed by atoms with Gasteiger partial charge in [-0.2, -0.15) is 12.6 Å². The zero-order valence-corrected chi connectivity index (χ0v) is 28.3. The summed E-state index contributed by atoms with van der Waals surface area (Å²) >= 11 is 4.09. The van der Waals surface area contributed by atoms with Crippen molar-refractivity contribution < 1.29 is 44.1 Å². The first kappa shape index (κ1) is 43.3. The van der Waals surface area contributed by atoms with Gasteiger partial charge in [-0.1, -0.05) is 12.1 Å².